The fraction of sp³-hybridized carbons (Fsp3) is 0.438. The van der Waals surface area contributed by atoms with Crippen LogP contribution in [0.15, 0.2) is 18.7 Å². The highest BCUT2D eigenvalue weighted by Crippen LogP contribution is 2.30. The Kier molecular flexibility index (Phi) is 6.60. The molecular weight excluding hydrogens is 382 g/mol. The predicted molar refractivity (Wildman–Crippen MR) is 97.5 cm³/mol. The maximum absolute atomic E-state index is 11.7. The van der Waals surface area contributed by atoms with Crippen LogP contribution < -0.4 is 5.32 Å². The van der Waals surface area contributed by atoms with Crippen LogP contribution in [0.1, 0.15) is 23.7 Å². The van der Waals surface area contributed by atoms with Crippen LogP contribution in [0.25, 0.3) is 6.08 Å². The first-order valence-corrected chi connectivity index (χ1v) is 10.1. The summed E-state index contributed by atoms with van der Waals surface area (Å²) in [6.07, 6.45) is 4.55. The maximum atomic E-state index is 11.7. The van der Waals surface area contributed by atoms with Crippen LogP contribution in [0, 0.1) is 6.92 Å². The van der Waals surface area contributed by atoms with E-state index in [1.807, 2.05) is 0 Å². The number of rotatable bonds is 7. The summed E-state index contributed by atoms with van der Waals surface area (Å²) in [5, 5.41) is 7.03. The molecule has 26 heavy (non-hydrogen) atoms. The van der Waals surface area contributed by atoms with Crippen LogP contribution in [0.3, 0.4) is 0 Å². The summed E-state index contributed by atoms with van der Waals surface area (Å²) in [7, 11) is -3.07. The van der Waals surface area contributed by atoms with E-state index in [0.29, 0.717) is 17.7 Å². The zero-order valence-corrected chi connectivity index (χ0v) is 15.8. The highest BCUT2D eigenvalue weighted by atomic mass is 35.5. The second kappa shape index (κ2) is 8.50. The molecule has 0 bridgehead atoms. The Hall–Kier alpha value is -2.13. The number of carbonyl (C=O) groups excluding carboxylic acids is 2. The first-order chi connectivity index (χ1) is 12.2. The third-order valence-electron chi connectivity index (χ3n) is 3.80. The standard InChI is InChI=1S/C16H20ClN3O5S/c1-3-7-18-14(21)9-25-15(22)5-4-13-11(2)19-20(16(13)17)12-6-8-26(23,24)10-12/h3-5,12H,1,6-10H2,2H3,(H,18,21)/b5-4+. The molecule has 1 aliphatic rings. The Morgan fingerprint density at radius 2 is 2.23 bits per heavy atom. The quantitative estimate of drug-likeness (QED) is 0.416. The molecule has 1 aliphatic heterocycles. The first kappa shape index (κ1) is 20.2. The molecule has 1 atom stereocenters. The van der Waals surface area contributed by atoms with Gasteiger partial charge in [0.05, 0.1) is 23.2 Å². The molecule has 1 N–H and O–H groups in total. The second-order valence-electron chi connectivity index (χ2n) is 5.83. The van der Waals surface area contributed by atoms with E-state index in [4.69, 9.17) is 16.3 Å². The number of hydrogen-bond donors (Lipinski definition) is 1. The van der Waals surface area contributed by atoms with Gasteiger partial charge in [-0.15, -0.1) is 6.58 Å². The third-order valence-corrected chi connectivity index (χ3v) is 5.93. The Bertz CT molecular complexity index is 844. The van der Waals surface area contributed by atoms with Gasteiger partial charge in [-0.1, -0.05) is 17.7 Å². The monoisotopic (exact) mass is 401 g/mol. The van der Waals surface area contributed by atoms with E-state index in [9.17, 15) is 18.0 Å². The van der Waals surface area contributed by atoms with Crippen molar-refractivity contribution in [3.63, 3.8) is 0 Å². The van der Waals surface area contributed by atoms with E-state index in [1.54, 1.807) is 6.92 Å². The minimum Gasteiger partial charge on any atom is -0.452 e. The summed E-state index contributed by atoms with van der Waals surface area (Å²) in [5.41, 5.74) is 1.07. The van der Waals surface area contributed by atoms with Crippen molar-refractivity contribution < 1.29 is 22.7 Å². The molecule has 1 aromatic rings. The minimum absolute atomic E-state index is 0.00113. The predicted octanol–water partition coefficient (Wildman–Crippen LogP) is 1.06. The van der Waals surface area contributed by atoms with Crippen molar-refractivity contribution in [2.75, 3.05) is 24.7 Å². The van der Waals surface area contributed by atoms with E-state index >= 15 is 0 Å². The van der Waals surface area contributed by atoms with Crippen molar-refractivity contribution in [3.05, 3.63) is 35.1 Å². The van der Waals surface area contributed by atoms with Gasteiger partial charge in [-0.2, -0.15) is 5.10 Å². The molecule has 2 rings (SSSR count). The van der Waals surface area contributed by atoms with Crippen LogP contribution in [0.5, 0.6) is 0 Å². The third kappa shape index (κ3) is 5.18. The summed E-state index contributed by atoms with van der Waals surface area (Å²) in [6, 6.07) is -0.311. The topological polar surface area (TPSA) is 107 Å². The number of amides is 1. The van der Waals surface area contributed by atoms with E-state index < -0.39 is 28.3 Å². The number of nitrogens with one attached hydrogen (secondary N) is 1. The van der Waals surface area contributed by atoms with Crippen LogP contribution in [0.2, 0.25) is 5.15 Å². The van der Waals surface area contributed by atoms with Crippen molar-refractivity contribution in [1.29, 1.82) is 0 Å². The van der Waals surface area contributed by atoms with Gasteiger partial charge in [-0.3, -0.25) is 4.79 Å². The first-order valence-electron chi connectivity index (χ1n) is 7.91. The molecule has 1 fully saturated rings. The molecule has 1 saturated heterocycles. The largest absolute Gasteiger partial charge is 0.452 e. The molecular formula is C16H20ClN3O5S. The molecule has 2 heterocycles. The SMILES string of the molecule is C=CCNC(=O)COC(=O)/C=C/c1c(C)nn(C2CCS(=O)(=O)C2)c1Cl. The molecule has 1 amide bonds. The van der Waals surface area contributed by atoms with Gasteiger partial charge in [0, 0.05) is 18.2 Å². The molecule has 142 valence electrons. The molecule has 0 radical (unpaired) electrons. The zero-order valence-electron chi connectivity index (χ0n) is 14.3. The number of aromatic nitrogens is 2. The van der Waals surface area contributed by atoms with Crippen molar-refractivity contribution in [1.82, 2.24) is 15.1 Å². The summed E-state index contributed by atoms with van der Waals surface area (Å²) in [6.45, 7) is 5.06. The summed E-state index contributed by atoms with van der Waals surface area (Å²) in [5.74, 6) is -1.03. The van der Waals surface area contributed by atoms with Gasteiger partial charge < -0.3 is 10.1 Å². The fourth-order valence-corrected chi connectivity index (χ4v) is 4.57. The lowest BCUT2D eigenvalue weighted by molar-refractivity contribution is -0.143. The summed E-state index contributed by atoms with van der Waals surface area (Å²) >= 11 is 6.30. The van der Waals surface area contributed by atoms with Crippen molar-refractivity contribution >= 4 is 39.4 Å². The lowest BCUT2D eigenvalue weighted by Gasteiger charge is -2.09. The number of esters is 1. The Labute approximate surface area is 156 Å². The fourth-order valence-electron chi connectivity index (χ4n) is 2.50. The lowest BCUT2D eigenvalue weighted by Crippen LogP contribution is -2.28. The van der Waals surface area contributed by atoms with Crippen LogP contribution >= 0.6 is 11.6 Å². The minimum atomic E-state index is -3.07. The van der Waals surface area contributed by atoms with Crippen molar-refractivity contribution in [2.24, 2.45) is 0 Å². The number of halogens is 1. The number of sulfone groups is 1. The molecule has 1 aromatic heterocycles. The van der Waals surface area contributed by atoms with Crippen LogP contribution in [0.4, 0.5) is 0 Å². The number of aryl methyl sites for hydroxylation is 1. The van der Waals surface area contributed by atoms with Gasteiger partial charge >= 0.3 is 5.97 Å². The smallest absolute Gasteiger partial charge is 0.331 e. The Morgan fingerprint density at radius 3 is 2.85 bits per heavy atom. The molecule has 0 aliphatic carbocycles. The number of ether oxygens (including phenoxy) is 1. The summed E-state index contributed by atoms with van der Waals surface area (Å²) < 4.78 is 29.6. The van der Waals surface area contributed by atoms with Gasteiger partial charge in [0.25, 0.3) is 5.91 Å². The number of nitrogens with zero attached hydrogens (tertiary/aromatic N) is 2. The van der Waals surface area contributed by atoms with Gasteiger partial charge in [-0.25, -0.2) is 17.9 Å². The summed E-state index contributed by atoms with van der Waals surface area (Å²) in [4.78, 5) is 23.1. The van der Waals surface area contributed by atoms with E-state index in [-0.39, 0.29) is 29.2 Å². The highest BCUT2D eigenvalue weighted by molar-refractivity contribution is 7.91. The Balaban J connectivity index is 2.01. The van der Waals surface area contributed by atoms with Gasteiger partial charge in [-0.05, 0) is 19.4 Å². The normalized spacial score (nSPS) is 18.8. The molecule has 0 aromatic carbocycles. The Morgan fingerprint density at radius 1 is 1.50 bits per heavy atom. The maximum Gasteiger partial charge on any atom is 0.331 e. The number of carbonyl (C=O) groups is 2. The highest BCUT2D eigenvalue weighted by Gasteiger charge is 2.31. The van der Waals surface area contributed by atoms with Crippen LogP contribution in [-0.4, -0.2) is 54.7 Å². The average Bonchev–Trinajstić information content (AvgIpc) is 3.08. The van der Waals surface area contributed by atoms with E-state index in [2.05, 4.69) is 17.0 Å². The van der Waals surface area contributed by atoms with E-state index in [0.717, 1.165) is 6.08 Å². The lowest BCUT2D eigenvalue weighted by atomic mass is 10.2. The molecule has 8 nitrogen and oxygen atoms in total. The number of hydrogen-bond acceptors (Lipinski definition) is 6. The van der Waals surface area contributed by atoms with Crippen LogP contribution in [-0.2, 0) is 24.2 Å². The van der Waals surface area contributed by atoms with Crippen molar-refractivity contribution in [3.8, 4) is 0 Å². The molecule has 1 unspecified atom stereocenters. The molecule has 0 spiro atoms. The molecule has 10 heteroatoms. The molecule has 0 saturated carbocycles. The zero-order chi connectivity index (χ0) is 19.3. The van der Waals surface area contributed by atoms with E-state index in [1.165, 1.54) is 16.8 Å². The van der Waals surface area contributed by atoms with Crippen molar-refractivity contribution in [2.45, 2.75) is 19.4 Å². The average molecular weight is 402 g/mol. The van der Waals surface area contributed by atoms with Gasteiger partial charge in [0.2, 0.25) is 0 Å². The second-order valence-corrected chi connectivity index (χ2v) is 8.41. The van der Waals surface area contributed by atoms with Gasteiger partial charge in [0.1, 0.15) is 5.15 Å². The van der Waals surface area contributed by atoms with Gasteiger partial charge in [0.15, 0.2) is 16.4 Å².